The summed E-state index contributed by atoms with van der Waals surface area (Å²) in [7, 11) is 0. The topological polar surface area (TPSA) is 0 Å². The van der Waals surface area contributed by atoms with Crippen LogP contribution in [0.25, 0.3) is 0 Å². The monoisotopic (exact) mass is 266 g/mol. The first-order valence-electron chi connectivity index (χ1n) is 7.84. The van der Waals surface area contributed by atoms with E-state index in [1.165, 1.54) is 36.8 Å². The maximum absolute atomic E-state index is 2.39. The molecule has 2 atom stereocenters. The largest absolute Gasteiger partial charge is 0.0625 e. The van der Waals surface area contributed by atoms with Crippen molar-refractivity contribution >= 4 is 0 Å². The molecule has 20 heavy (non-hydrogen) atoms. The molecule has 0 N–H and O–H groups in total. The van der Waals surface area contributed by atoms with Crippen LogP contribution in [0.1, 0.15) is 50.2 Å². The van der Waals surface area contributed by atoms with E-state index in [1.807, 2.05) is 0 Å². The van der Waals surface area contributed by atoms with E-state index in [9.17, 15) is 0 Å². The van der Waals surface area contributed by atoms with Crippen molar-refractivity contribution in [2.75, 3.05) is 0 Å². The maximum atomic E-state index is 2.39. The number of hydrogen-bond acceptors (Lipinski definition) is 0. The van der Waals surface area contributed by atoms with Gasteiger partial charge in [0, 0.05) is 0 Å². The van der Waals surface area contributed by atoms with Crippen molar-refractivity contribution in [1.82, 2.24) is 0 Å². The average molecular weight is 266 g/mol. The second kappa shape index (κ2) is 7.89. The van der Waals surface area contributed by atoms with Crippen LogP contribution in [0.15, 0.2) is 60.7 Å². The van der Waals surface area contributed by atoms with Gasteiger partial charge in [0.1, 0.15) is 0 Å². The van der Waals surface area contributed by atoms with Gasteiger partial charge in [-0.2, -0.15) is 0 Å². The van der Waals surface area contributed by atoms with Gasteiger partial charge in [-0.15, -0.1) is 0 Å². The van der Waals surface area contributed by atoms with Gasteiger partial charge in [-0.1, -0.05) is 80.9 Å². The first-order valence-corrected chi connectivity index (χ1v) is 7.84. The van der Waals surface area contributed by atoms with Crippen LogP contribution in [0.5, 0.6) is 0 Å². The van der Waals surface area contributed by atoms with E-state index >= 15 is 0 Å². The molecule has 2 rings (SSSR count). The summed E-state index contributed by atoms with van der Waals surface area (Å²) in [4.78, 5) is 0. The lowest BCUT2D eigenvalue weighted by molar-refractivity contribution is 0.453. The van der Waals surface area contributed by atoms with Gasteiger partial charge in [-0.25, -0.2) is 0 Å². The lowest BCUT2D eigenvalue weighted by Gasteiger charge is -2.16. The fourth-order valence-corrected chi connectivity index (χ4v) is 2.68. The van der Waals surface area contributed by atoms with Crippen molar-refractivity contribution in [1.29, 1.82) is 0 Å². The van der Waals surface area contributed by atoms with Crippen molar-refractivity contribution in [3.8, 4) is 0 Å². The molecule has 0 aromatic heterocycles. The molecule has 2 aromatic carbocycles. The van der Waals surface area contributed by atoms with Crippen LogP contribution in [0.2, 0.25) is 0 Å². The minimum atomic E-state index is 0.676. The SMILES string of the molecule is CC(CCc1ccccc1)CCC(C)c1ccccc1. The molecule has 106 valence electrons. The standard InChI is InChI=1S/C20H26/c1-17(14-16-19-9-5-3-6-10-19)13-15-18(2)20-11-7-4-8-12-20/h3-12,17-18H,13-16H2,1-2H3. The van der Waals surface area contributed by atoms with Crippen molar-refractivity contribution in [3.05, 3.63) is 71.8 Å². The molecule has 0 aliphatic heterocycles. The van der Waals surface area contributed by atoms with E-state index < -0.39 is 0 Å². The van der Waals surface area contributed by atoms with E-state index in [2.05, 4.69) is 74.5 Å². The lowest BCUT2D eigenvalue weighted by atomic mass is 9.90. The van der Waals surface area contributed by atoms with Gasteiger partial charge in [0.05, 0.1) is 0 Å². The van der Waals surface area contributed by atoms with Gasteiger partial charge >= 0.3 is 0 Å². The molecule has 0 heterocycles. The predicted octanol–water partition coefficient (Wildman–Crippen LogP) is 5.84. The fourth-order valence-electron chi connectivity index (χ4n) is 2.68. The molecule has 0 radical (unpaired) electrons. The van der Waals surface area contributed by atoms with E-state index in [0.717, 1.165) is 5.92 Å². The van der Waals surface area contributed by atoms with Crippen LogP contribution in [0.3, 0.4) is 0 Å². The van der Waals surface area contributed by atoms with E-state index in [0.29, 0.717) is 5.92 Å². The highest BCUT2D eigenvalue weighted by Crippen LogP contribution is 2.24. The second-order valence-corrected chi connectivity index (χ2v) is 6.02. The Labute approximate surface area is 123 Å². The molecular weight excluding hydrogens is 240 g/mol. The van der Waals surface area contributed by atoms with Crippen molar-refractivity contribution in [2.45, 2.75) is 45.4 Å². The fraction of sp³-hybridized carbons (Fsp3) is 0.400. The van der Waals surface area contributed by atoms with Crippen LogP contribution in [0.4, 0.5) is 0 Å². The maximum Gasteiger partial charge on any atom is -0.0190 e. The van der Waals surface area contributed by atoms with E-state index in [-0.39, 0.29) is 0 Å². The molecule has 0 amide bonds. The molecule has 0 aliphatic carbocycles. The zero-order valence-corrected chi connectivity index (χ0v) is 12.8. The summed E-state index contributed by atoms with van der Waals surface area (Å²) in [5, 5.41) is 0. The molecule has 2 unspecified atom stereocenters. The normalized spacial score (nSPS) is 13.9. The number of benzene rings is 2. The lowest BCUT2D eigenvalue weighted by Crippen LogP contribution is -2.01. The third-order valence-corrected chi connectivity index (χ3v) is 4.23. The predicted molar refractivity (Wildman–Crippen MR) is 88.0 cm³/mol. The van der Waals surface area contributed by atoms with Gasteiger partial charge in [0.25, 0.3) is 0 Å². The molecule has 2 aromatic rings. The van der Waals surface area contributed by atoms with Gasteiger partial charge in [0.15, 0.2) is 0 Å². The van der Waals surface area contributed by atoms with Crippen LogP contribution in [-0.2, 0) is 6.42 Å². The third kappa shape index (κ3) is 4.85. The first-order chi connectivity index (χ1) is 9.75. The van der Waals surface area contributed by atoms with Crippen molar-refractivity contribution in [2.24, 2.45) is 5.92 Å². The van der Waals surface area contributed by atoms with Gasteiger partial charge in [-0.05, 0) is 42.2 Å². The van der Waals surface area contributed by atoms with Gasteiger partial charge in [-0.3, -0.25) is 0 Å². The van der Waals surface area contributed by atoms with Crippen LogP contribution in [-0.4, -0.2) is 0 Å². The number of hydrogen-bond donors (Lipinski definition) is 0. The van der Waals surface area contributed by atoms with Crippen LogP contribution < -0.4 is 0 Å². The molecule has 0 nitrogen and oxygen atoms in total. The highest BCUT2D eigenvalue weighted by molar-refractivity contribution is 5.18. The summed E-state index contributed by atoms with van der Waals surface area (Å²) in [5.41, 5.74) is 2.94. The zero-order valence-electron chi connectivity index (χ0n) is 12.8. The smallest absolute Gasteiger partial charge is 0.0190 e. The summed E-state index contributed by atoms with van der Waals surface area (Å²) in [6.07, 6.45) is 5.12. The Morgan fingerprint density at radius 2 is 1.30 bits per heavy atom. The Morgan fingerprint density at radius 3 is 1.95 bits per heavy atom. The van der Waals surface area contributed by atoms with Crippen molar-refractivity contribution in [3.63, 3.8) is 0 Å². The Balaban J connectivity index is 1.71. The van der Waals surface area contributed by atoms with Crippen LogP contribution >= 0.6 is 0 Å². The zero-order chi connectivity index (χ0) is 14.2. The molecule has 0 bridgehead atoms. The Kier molecular flexibility index (Phi) is 5.86. The quantitative estimate of drug-likeness (QED) is 0.590. The van der Waals surface area contributed by atoms with Gasteiger partial charge in [0.2, 0.25) is 0 Å². The van der Waals surface area contributed by atoms with Crippen LogP contribution in [0, 0.1) is 5.92 Å². The minimum absolute atomic E-state index is 0.676. The third-order valence-electron chi connectivity index (χ3n) is 4.23. The summed E-state index contributed by atoms with van der Waals surface area (Å²) in [6.45, 7) is 4.74. The number of rotatable bonds is 7. The summed E-state index contributed by atoms with van der Waals surface area (Å²) >= 11 is 0. The van der Waals surface area contributed by atoms with E-state index in [1.54, 1.807) is 0 Å². The molecule has 0 saturated heterocycles. The average Bonchev–Trinajstić information content (AvgIpc) is 2.52. The highest BCUT2D eigenvalue weighted by atomic mass is 14.1. The molecule has 0 saturated carbocycles. The molecule has 0 heteroatoms. The number of aryl methyl sites for hydroxylation is 1. The summed E-state index contributed by atoms with van der Waals surface area (Å²) < 4.78 is 0. The molecule has 0 fully saturated rings. The summed E-state index contributed by atoms with van der Waals surface area (Å²) in [6, 6.07) is 21.7. The first kappa shape index (κ1) is 14.8. The minimum Gasteiger partial charge on any atom is -0.0625 e. The Morgan fingerprint density at radius 1 is 0.700 bits per heavy atom. The van der Waals surface area contributed by atoms with E-state index in [4.69, 9.17) is 0 Å². The Bertz CT molecular complexity index is 472. The second-order valence-electron chi connectivity index (χ2n) is 6.02. The highest BCUT2D eigenvalue weighted by Gasteiger charge is 2.08. The Hall–Kier alpha value is -1.56. The summed E-state index contributed by atoms with van der Waals surface area (Å²) in [5.74, 6) is 1.48. The molecule has 0 aliphatic rings. The van der Waals surface area contributed by atoms with Crippen molar-refractivity contribution < 1.29 is 0 Å². The van der Waals surface area contributed by atoms with Gasteiger partial charge < -0.3 is 0 Å². The molecule has 0 spiro atoms. The molecular formula is C20H26.